The van der Waals surface area contributed by atoms with E-state index in [9.17, 15) is 13.2 Å². The Morgan fingerprint density at radius 3 is 2.44 bits per heavy atom. The van der Waals surface area contributed by atoms with Crippen LogP contribution >= 0.6 is 0 Å². The molecule has 0 bridgehead atoms. The molecule has 0 saturated heterocycles. The van der Waals surface area contributed by atoms with Gasteiger partial charge in [-0.1, -0.05) is 55.5 Å². The first-order valence-corrected chi connectivity index (χ1v) is 11.8. The molecule has 0 fully saturated rings. The van der Waals surface area contributed by atoms with Crippen molar-refractivity contribution in [3.8, 4) is 11.1 Å². The van der Waals surface area contributed by atoms with E-state index in [0.717, 1.165) is 29.6 Å². The van der Waals surface area contributed by atoms with E-state index in [1.54, 1.807) is 24.3 Å². The molecule has 164 valence electrons. The highest BCUT2D eigenvalue weighted by molar-refractivity contribution is 7.90. The lowest BCUT2D eigenvalue weighted by Crippen LogP contribution is -2.30. The molecule has 3 aromatic carbocycles. The van der Waals surface area contributed by atoms with Gasteiger partial charge in [0.05, 0.1) is 4.90 Å². The highest BCUT2D eigenvalue weighted by Gasteiger charge is 2.24. The molecule has 0 aliphatic carbocycles. The zero-order valence-corrected chi connectivity index (χ0v) is 18.7. The number of nitrogens with zero attached hydrogens (tertiary/aromatic N) is 1. The van der Waals surface area contributed by atoms with Gasteiger partial charge in [-0.15, -0.1) is 0 Å². The van der Waals surface area contributed by atoms with Crippen LogP contribution in [0.1, 0.15) is 23.9 Å². The first-order chi connectivity index (χ1) is 15.4. The topological polar surface area (TPSA) is 79.6 Å². The standard InChI is InChI=1S/C25H24N2O4S/c1-3-15-27(2)20-14-13-19-16-23(31-22(19)17-20)25(28)26-32(29,30)24-12-8-7-11-21(24)18-9-5-4-6-10-18/h4-14,16-17H,3,15H2,1-2H3,(H,26,28). The van der Waals surface area contributed by atoms with Crippen LogP contribution in [0.3, 0.4) is 0 Å². The van der Waals surface area contributed by atoms with Crippen LogP contribution < -0.4 is 9.62 Å². The molecule has 1 N–H and O–H groups in total. The minimum Gasteiger partial charge on any atom is -0.451 e. The molecule has 4 rings (SSSR count). The van der Waals surface area contributed by atoms with Crippen LogP contribution in [0.4, 0.5) is 5.69 Å². The SMILES string of the molecule is CCCN(C)c1ccc2cc(C(=O)NS(=O)(=O)c3ccccc3-c3ccccc3)oc2c1. The number of amides is 1. The Labute approximate surface area is 187 Å². The average Bonchev–Trinajstić information content (AvgIpc) is 3.23. The monoisotopic (exact) mass is 448 g/mol. The Bertz CT molecular complexity index is 1360. The highest BCUT2D eigenvalue weighted by Crippen LogP contribution is 2.28. The van der Waals surface area contributed by atoms with Crippen molar-refractivity contribution in [3.63, 3.8) is 0 Å². The lowest BCUT2D eigenvalue weighted by molar-refractivity contribution is 0.0956. The van der Waals surface area contributed by atoms with E-state index in [0.29, 0.717) is 11.1 Å². The number of nitrogens with one attached hydrogen (secondary N) is 1. The largest absolute Gasteiger partial charge is 0.451 e. The molecule has 1 heterocycles. The molecule has 0 radical (unpaired) electrons. The Morgan fingerprint density at radius 1 is 0.969 bits per heavy atom. The molecule has 7 heteroatoms. The van der Waals surface area contributed by atoms with E-state index in [1.165, 1.54) is 6.07 Å². The minimum atomic E-state index is -4.12. The van der Waals surface area contributed by atoms with Crippen molar-refractivity contribution in [1.29, 1.82) is 0 Å². The number of benzene rings is 3. The third kappa shape index (κ3) is 4.38. The maximum atomic E-state index is 13.1. The van der Waals surface area contributed by atoms with Crippen LogP contribution in [0.5, 0.6) is 0 Å². The molecule has 32 heavy (non-hydrogen) atoms. The third-order valence-electron chi connectivity index (χ3n) is 5.22. The molecule has 0 spiro atoms. The van der Waals surface area contributed by atoms with Gasteiger partial charge >= 0.3 is 5.91 Å². The van der Waals surface area contributed by atoms with E-state index in [1.807, 2.05) is 55.6 Å². The minimum absolute atomic E-state index is 0.0270. The Kier molecular flexibility index (Phi) is 6.01. The van der Waals surface area contributed by atoms with Crippen molar-refractivity contribution in [1.82, 2.24) is 4.72 Å². The number of carbonyl (C=O) groups excluding carboxylic acids is 1. The first kappa shape index (κ1) is 21.6. The zero-order chi connectivity index (χ0) is 22.7. The maximum absolute atomic E-state index is 13.1. The second-order valence-corrected chi connectivity index (χ2v) is 9.20. The molecule has 6 nitrogen and oxygen atoms in total. The van der Waals surface area contributed by atoms with Crippen molar-refractivity contribution in [3.05, 3.63) is 84.6 Å². The van der Waals surface area contributed by atoms with Crippen LogP contribution in [-0.2, 0) is 10.0 Å². The van der Waals surface area contributed by atoms with Crippen molar-refractivity contribution in [2.45, 2.75) is 18.2 Å². The van der Waals surface area contributed by atoms with Crippen LogP contribution in [0, 0.1) is 0 Å². The molecule has 0 aliphatic heterocycles. The molecular weight excluding hydrogens is 424 g/mol. The predicted molar refractivity (Wildman–Crippen MR) is 126 cm³/mol. The molecular formula is C25H24N2O4S. The fourth-order valence-electron chi connectivity index (χ4n) is 3.62. The van der Waals surface area contributed by atoms with E-state index in [2.05, 4.69) is 16.5 Å². The van der Waals surface area contributed by atoms with Gasteiger partial charge < -0.3 is 9.32 Å². The van der Waals surface area contributed by atoms with Gasteiger partial charge in [0, 0.05) is 36.3 Å². The number of fused-ring (bicyclic) bond motifs is 1. The van der Waals surface area contributed by atoms with Crippen LogP contribution in [0.15, 0.2) is 88.2 Å². The van der Waals surface area contributed by atoms with Gasteiger partial charge in [-0.05, 0) is 36.2 Å². The molecule has 0 atom stereocenters. The molecule has 0 aliphatic rings. The molecule has 1 aromatic heterocycles. The number of sulfonamides is 1. The Balaban J connectivity index is 1.62. The maximum Gasteiger partial charge on any atom is 0.300 e. The fraction of sp³-hybridized carbons (Fsp3) is 0.160. The Hall–Kier alpha value is -3.58. The smallest absolute Gasteiger partial charge is 0.300 e. The number of hydrogen-bond acceptors (Lipinski definition) is 5. The lowest BCUT2D eigenvalue weighted by Gasteiger charge is -2.17. The van der Waals surface area contributed by atoms with Crippen LogP contribution in [0.25, 0.3) is 22.1 Å². The third-order valence-corrected chi connectivity index (χ3v) is 6.60. The number of anilines is 1. The normalized spacial score (nSPS) is 11.4. The summed E-state index contributed by atoms with van der Waals surface area (Å²) in [5.74, 6) is -0.872. The summed E-state index contributed by atoms with van der Waals surface area (Å²) in [6.45, 7) is 2.99. The molecule has 1 amide bonds. The molecule has 0 unspecified atom stereocenters. The van der Waals surface area contributed by atoms with Gasteiger partial charge in [-0.3, -0.25) is 4.79 Å². The number of rotatable bonds is 7. The van der Waals surface area contributed by atoms with E-state index in [4.69, 9.17) is 4.42 Å². The van der Waals surface area contributed by atoms with Crippen LogP contribution in [-0.4, -0.2) is 27.9 Å². The van der Waals surface area contributed by atoms with Crippen molar-refractivity contribution in [2.24, 2.45) is 0 Å². The summed E-state index contributed by atoms with van der Waals surface area (Å²) in [6, 6.07) is 22.9. The number of hydrogen-bond donors (Lipinski definition) is 1. The average molecular weight is 449 g/mol. The Morgan fingerprint density at radius 2 is 1.69 bits per heavy atom. The van der Waals surface area contributed by atoms with Gasteiger partial charge in [0.2, 0.25) is 0 Å². The van der Waals surface area contributed by atoms with Gasteiger partial charge in [0.25, 0.3) is 10.0 Å². The summed E-state index contributed by atoms with van der Waals surface area (Å²) in [5, 5.41) is 0.728. The number of carbonyl (C=O) groups is 1. The molecule has 4 aromatic rings. The molecule has 0 saturated carbocycles. The first-order valence-electron chi connectivity index (χ1n) is 10.4. The van der Waals surface area contributed by atoms with E-state index in [-0.39, 0.29) is 10.7 Å². The predicted octanol–water partition coefficient (Wildman–Crippen LogP) is 5.06. The zero-order valence-electron chi connectivity index (χ0n) is 17.9. The summed E-state index contributed by atoms with van der Waals surface area (Å²) in [5.41, 5.74) is 2.75. The quantitative estimate of drug-likeness (QED) is 0.427. The lowest BCUT2D eigenvalue weighted by atomic mass is 10.1. The summed E-state index contributed by atoms with van der Waals surface area (Å²) >= 11 is 0. The van der Waals surface area contributed by atoms with Gasteiger partial charge in [0.1, 0.15) is 5.58 Å². The van der Waals surface area contributed by atoms with Crippen molar-refractivity contribution < 1.29 is 17.6 Å². The van der Waals surface area contributed by atoms with Crippen molar-refractivity contribution >= 4 is 32.6 Å². The number of furan rings is 1. The summed E-state index contributed by atoms with van der Waals surface area (Å²) < 4.78 is 34.0. The summed E-state index contributed by atoms with van der Waals surface area (Å²) in [4.78, 5) is 14.9. The van der Waals surface area contributed by atoms with Gasteiger partial charge in [-0.2, -0.15) is 0 Å². The van der Waals surface area contributed by atoms with Gasteiger partial charge in [0.15, 0.2) is 5.76 Å². The van der Waals surface area contributed by atoms with Gasteiger partial charge in [-0.25, -0.2) is 13.1 Å². The van der Waals surface area contributed by atoms with Crippen molar-refractivity contribution in [2.75, 3.05) is 18.5 Å². The second-order valence-electron chi connectivity index (χ2n) is 7.55. The summed E-state index contributed by atoms with van der Waals surface area (Å²) in [6.07, 6.45) is 1.00. The van der Waals surface area contributed by atoms with E-state index < -0.39 is 15.9 Å². The second kappa shape index (κ2) is 8.88. The highest BCUT2D eigenvalue weighted by atomic mass is 32.2. The van der Waals surface area contributed by atoms with E-state index >= 15 is 0 Å². The fourth-order valence-corrected chi connectivity index (χ4v) is 4.81. The van der Waals surface area contributed by atoms with Crippen LogP contribution in [0.2, 0.25) is 0 Å². The summed E-state index contributed by atoms with van der Waals surface area (Å²) in [7, 11) is -2.14.